The van der Waals surface area contributed by atoms with Gasteiger partial charge in [-0.05, 0) is 18.2 Å². The molecule has 1 aromatic carbocycles. The average Bonchev–Trinajstić information content (AvgIpc) is 2.87. The fourth-order valence-corrected chi connectivity index (χ4v) is 1.81. The Morgan fingerprint density at radius 3 is 2.67 bits per heavy atom. The Hall–Kier alpha value is -2.77. The number of aromatic nitrogens is 2. The van der Waals surface area contributed by atoms with Crippen LogP contribution in [0.15, 0.2) is 27.5 Å². The van der Waals surface area contributed by atoms with Crippen LogP contribution in [0.25, 0.3) is 11.4 Å². The van der Waals surface area contributed by atoms with Gasteiger partial charge in [-0.2, -0.15) is 0 Å². The predicted molar refractivity (Wildman–Crippen MR) is 73.4 cm³/mol. The molecule has 0 bridgehead atoms. The van der Waals surface area contributed by atoms with Crippen LogP contribution in [0.1, 0.15) is 0 Å². The van der Waals surface area contributed by atoms with Crippen LogP contribution in [0.2, 0.25) is 0 Å². The highest BCUT2D eigenvalue weighted by Crippen LogP contribution is 2.31. The summed E-state index contributed by atoms with van der Waals surface area (Å²) in [4.78, 5) is 23.1. The molecule has 0 aliphatic carbocycles. The van der Waals surface area contributed by atoms with Crippen molar-refractivity contribution in [1.29, 1.82) is 0 Å². The van der Waals surface area contributed by atoms with Crippen molar-refractivity contribution in [1.82, 2.24) is 15.0 Å². The minimum absolute atomic E-state index is 0.178. The Balaban J connectivity index is 2.47. The van der Waals surface area contributed by atoms with Crippen molar-refractivity contribution in [3.05, 3.63) is 28.7 Å². The lowest BCUT2D eigenvalue weighted by Crippen LogP contribution is -2.28. The predicted octanol–water partition coefficient (Wildman–Crippen LogP) is 0.266. The van der Waals surface area contributed by atoms with Gasteiger partial charge < -0.3 is 14.8 Å². The lowest BCUT2D eigenvalue weighted by Gasteiger charge is -2.09. The average molecular weight is 293 g/mol. The van der Waals surface area contributed by atoms with E-state index in [4.69, 9.17) is 9.47 Å². The first-order chi connectivity index (χ1) is 10.1. The number of benzene rings is 1. The van der Waals surface area contributed by atoms with Gasteiger partial charge in [0.1, 0.15) is 6.54 Å². The van der Waals surface area contributed by atoms with E-state index in [0.717, 1.165) is 4.57 Å². The van der Waals surface area contributed by atoms with E-state index in [1.54, 1.807) is 18.2 Å². The number of hydrogen-bond acceptors (Lipinski definition) is 6. The number of likely N-dealkylation sites (N-methyl/N-ethyl adjacent to an activating group) is 1. The summed E-state index contributed by atoms with van der Waals surface area (Å²) >= 11 is 0. The van der Waals surface area contributed by atoms with Crippen molar-refractivity contribution in [3.63, 3.8) is 0 Å². The van der Waals surface area contributed by atoms with Gasteiger partial charge in [-0.25, -0.2) is 9.36 Å². The van der Waals surface area contributed by atoms with Crippen molar-refractivity contribution >= 4 is 5.91 Å². The molecule has 0 saturated heterocycles. The normalized spacial score (nSPS) is 10.2. The van der Waals surface area contributed by atoms with Gasteiger partial charge in [0.2, 0.25) is 5.91 Å². The van der Waals surface area contributed by atoms with Gasteiger partial charge in [-0.1, -0.05) is 5.16 Å². The fourth-order valence-electron chi connectivity index (χ4n) is 1.81. The summed E-state index contributed by atoms with van der Waals surface area (Å²) in [7, 11) is 4.51. The van der Waals surface area contributed by atoms with E-state index in [2.05, 4.69) is 15.0 Å². The van der Waals surface area contributed by atoms with E-state index < -0.39 is 5.76 Å². The Morgan fingerprint density at radius 1 is 1.33 bits per heavy atom. The summed E-state index contributed by atoms with van der Waals surface area (Å²) in [6.45, 7) is -0.178. The second-order valence-electron chi connectivity index (χ2n) is 4.10. The van der Waals surface area contributed by atoms with E-state index in [0.29, 0.717) is 17.1 Å². The second kappa shape index (κ2) is 6.12. The van der Waals surface area contributed by atoms with E-state index in [1.807, 2.05) is 0 Å². The van der Waals surface area contributed by atoms with Gasteiger partial charge in [0, 0.05) is 12.6 Å². The maximum Gasteiger partial charge on any atom is 0.442 e. The molecule has 8 nitrogen and oxygen atoms in total. The molecule has 0 aliphatic heterocycles. The highest BCUT2D eigenvalue weighted by atomic mass is 16.5. The molecule has 112 valence electrons. The molecule has 2 rings (SSSR count). The SMILES string of the molecule is CNC(=O)Cn1c(-c2ccc(OC)c(OC)c2)noc1=O. The van der Waals surface area contributed by atoms with E-state index in [9.17, 15) is 9.59 Å². The van der Waals surface area contributed by atoms with Crippen molar-refractivity contribution in [3.8, 4) is 22.9 Å². The molecule has 0 saturated carbocycles. The van der Waals surface area contributed by atoms with Crippen LogP contribution < -0.4 is 20.5 Å². The lowest BCUT2D eigenvalue weighted by atomic mass is 10.2. The highest BCUT2D eigenvalue weighted by Gasteiger charge is 2.17. The minimum atomic E-state index is -0.705. The first-order valence-corrected chi connectivity index (χ1v) is 6.10. The number of hydrogen-bond donors (Lipinski definition) is 1. The Kier molecular flexibility index (Phi) is 4.27. The summed E-state index contributed by atoms with van der Waals surface area (Å²) in [6.07, 6.45) is 0. The standard InChI is InChI=1S/C13H15N3O5/c1-14-11(17)7-16-12(15-21-13(16)18)8-4-5-9(19-2)10(6-8)20-3/h4-6H,7H2,1-3H3,(H,14,17). The molecule has 1 aromatic heterocycles. The maximum absolute atomic E-state index is 11.6. The van der Waals surface area contributed by atoms with Gasteiger partial charge in [0.25, 0.3) is 0 Å². The number of carbonyl (C=O) groups excluding carboxylic acids is 1. The summed E-state index contributed by atoms with van der Waals surface area (Å²) in [5.41, 5.74) is 0.572. The van der Waals surface area contributed by atoms with Crippen LogP contribution in [0.5, 0.6) is 11.5 Å². The third-order valence-corrected chi connectivity index (χ3v) is 2.91. The Bertz CT molecular complexity index is 704. The van der Waals surface area contributed by atoms with Crippen LogP contribution in [0.3, 0.4) is 0 Å². The first kappa shape index (κ1) is 14.6. The number of nitrogens with one attached hydrogen (secondary N) is 1. The topological polar surface area (TPSA) is 95.6 Å². The monoisotopic (exact) mass is 293 g/mol. The number of ether oxygens (including phenoxy) is 2. The van der Waals surface area contributed by atoms with Crippen LogP contribution in [0, 0.1) is 0 Å². The molecule has 0 unspecified atom stereocenters. The molecular weight excluding hydrogens is 278 g/mol. The van der Waals surface area contributed by atoms with E-state index >= 15 is 0 Å². The number of carbonyl (C=O) groups is 1. The Labute approximate surface area is 120 Å². The third kappa shape index (κ3) is 2.88. The van der Waals surface area contributed by atoms with Crippen molar-refractivity contribution in [2.24, 2.45) is 0 Å². The molecule has 1 N–H and O–H groups in total. The number of rotatable bonds is 5. The van der Waals surface area contributed by atoms with Crippen LogP contribution in [0.4, 0.5) is 0 Å². The van der Waals surface area contributed by atoms with E-state index in [1.165, 1.54) is 21.3 Å². The molecule has 1 heterocycles. The smallest absolute Gasteiger partial charge is 0.442 e. The first-order valence-electron chi connectivity index (χ1n) is 6.10. The van der Waals surface area contributed by atoms with Crippen LogP contribution in [-0.2, 0) is 11.3 Å². The molecule has 0 spiro atoms. The molecule has 0 atom stereocenters. The van der Waals surface area contributed by atoms with Gasteiger partial charge in [-0.15, -0.1) is 0 Å². The largest absolute Gasteiger partial charge is 0.493 e. The van der Waals surface area contributed by atoms with E-state index in [-0.39, 0.29) is 18.3 Å². The zero-order chi connectivity index (χ0) is 15.4. The maximum atomic E-state index is 11.6. The fraction of sp³-hybridized carbons (Fsp3) is 0.308. The molecule has 0 radical (unpaired) electrons. The van der Waals surface area contributed by atoms with Gasteiger partial charge in [-0.3, -0.25) is 9.32 Å². The van der Waals surface area contributed by atoms with Gasteiger partial charge in [0.15, 0.2) is 17.3 Å². The molecule has 0 fully saturated rings. The third-order valence-electron chi connectivity index (χ3n) is 2.91. The van der Waals surface area contributed by atoms with Crippen molar-refractivity contribution < 1.29 is 18.8 Å². The van der Waals surface area contributed by atoms with Gasteiger partial charge in [0.05, 0.1) is 14.2 Å². The summed E-state index contributed by atoms with van der Waals surface area (Å²) in [5, 5.41) is 6.14. The minimum Gasteiger partial charge on any atom is -0.493 e. The number of nitrogens with zero attached hydrogens (tertiary/aromatic N) is 2. The van der Waals surface area contributed by atoms with Crippen LogP contribution >= 0.6 is 0 Å². The molecular formula is C13H15N3O5. The quantitative estimate of drug-likeness (QED) is 0.850. The lowest BCUT2D eigenvalue weighted by molar-refractivity contribution is -0.121. The van der Waals surface area contributed by atoms with Crippen LogP contribution in [-0.4, -0.2) is 36.9 Å². The van der Waals surface area contributed by atoms with Crippen molar-refractivity contribution in [2.75, 3.05) is 21.3 Å². The summed E-state index contributed by atoms with van der Waals surface area (Å²) in [5.74, 6) is 0.233. The summed E-state index contributed by atoms with van der Waals surface area (Å²) in [6, 6.07) is 5.02. The Morgan fingerprint density at radius 2 is 2.05 bits per heavy atom. The van der Waals surface area contributed by atoms with Gasteiger partial charge >= 0.3 is 5.76 Å². The number of amides is 1. The second-order valence-corrected chi connectivity index (χ2v) is 4.10. The zero-order valence-electron chi connectivity index (χ0n) is 11.9. The zero-order valence-corrected chi connectivity index (χ0v) is 11.9. The molecule has 1 amide bonds. The molecule has 21 heavy (non-hydrogen) atoms. The van der Waals surface area contributed by atoms with Crippen molar-refractivity contribution in [2.45, 2.75) is 6.54 Å². The summed E-state index contributed by atoms with van der Waals surface area (Å²) < 4.78 is 16.1. The molecule has 8 heteroatoms. The highest BCUT2D eigenvalue weighted by molar-refractivity contribution is 5.76. The number of methoxy groups -OCH3 is 2. The molecule has 0 aliphatic rings. The molecule has 2 aromatic rings.